The SMILES string of the molecule is CCOP(=O)(SC(C)CC)n1cc(O)n(OC)c1=O. The molecule has 0 bridgehead atoms. The van der Waals surface area contributed by atoms with Crippen molar-refractivity contribution in [2.75, 3.05) is 13.7 Å². The van der Waals surface area contributed by atoms with Crippen LogP contribution in [-0.2, 0) is 9.09 Å². The first-order valence-electron chi connectivity index (χ1n) is 5.91. The van der Waals surface area contributed by atoms with Crippen LogP contribution in [0.15, 0.2) is 11.0 Å². The van der Waals surface area contributed by atoms with E-state index in [0.717, 1.165) is 28.3 Å². The van der Waals surface area contributed by atoms with Gasteiger partial charge in [0.05, 0.1) is 12.8 Å². The molecule has 1 aromatic heterocycles. The lowest BCUT2D eigenvalue weighted by atomic mass is 10.4. The van der Waals surface area contributed by atoms with E-state index in [0.29, 0.717) is 4.73 Å². The van der Waals surface area contributed by atoms with Gasteiger partial charge < -0.3 is 14.5 Å². The van der Waals surface area contributed by atoms with Crippen molar-refractivity contribution >= 4 is 18.1 Å². The molecule has 110 valence electrons. The molecule has 0 aliphatic rings. The molecule has 0 fully saturated rings. The normalized spacial score (nSPS) is 16.0. The van der Waals surface area contributed by atoms with Crippen LogP contribution in [0.5, 0.6) is 5.88 Å². The molecule has 0 aromatic carbocycles. The Bertz CT molecular complexity index is 526. The fraction of sp³-hybridized carbons (Fsp3) is 0.700. The zero-order chi connectivity index (χ0) is 14.6. The highest BCUT2D eigenvalue weighted by Gasteiger charge is 2.32. The van der Waals surface area contributed by atoms with E-state index in [4.69, 9.17) is 9.36 Å². The summed E-state index contributed by atoms with van der Waals surface area (Å²) in [6.07, 6.45) is 1.85. The van der Waals surface area contributed by atoms with Gasteiger partial charge >= 0.3 is 12.4 Å². The topological polar surface area (TPSA) is 82.7 Å². The van der Waals surface area contributed by atoms with E-state index >= 15 is 0 Å². The van der Waals surface area contributed by atoms with Gasteiger partial charge in [0.25, 0.3) is 0 Å². The van der Waals surface area contributed by atoms with E-state index in [-0.39, 0.29) is 11.9 Å². The average molecular weight is 310 g/mol. The van der Waals surface area contributed by atoms with E-state index in [2.05, 4.69) is 0 Å². The van der Waals surface area contributed by atoms with E-state index in [1.807, 2.05) is 13.8 Å². The fourth-order valence-electron chi connectivity index (χ4n) is 1.36. The Labute approximate surface area is 115 Å². The van der Waals surface area contributed by atoms with Crippen molar-refractivity contribution in [2.24, 2.45) is 0 Å². The number of aromatic nitrogens is 2. The maximum atomic E-state index is 12.8. The molecular weight excluding hydrogens is 291 g/mol. The first-order chi connectivity index (χ1) is 8.89. The second-order valence-electron chi connectivity index (χ2n) is 3.80. The first kappa shape index (κ1) is 16.2. The largest absolute Gasteiger partial charge is 0.491 e. The van der Waals surface area contributed by atoms with Crippen LogP contribution >= 0.6 is 18.1 Å². The Morgan fingerprint density at radius 1 is 1.53 bits per heavy atom. The molecule has 0 aliphatic heterocycles. The van der Waals surface area contributed by atoms with E-state index < -0.39 is 18.3 Å². The maximum absolute atomic E-state index is 12.8. The van der Waals surface area contributed by atoms with Crippen molar-refractivity contribution in [1.82, 2.24) is 9.07 Å². The predicted molar refractivity (Wildman–Crippen MR) is 74.8 cm³/mol. The van der Waals surface area contributed by atoms with Crippen LogP contribution in [0.2, 0.25) is 0 Å². The molecule has 1 N–H and O–H groups in total. The Morgan fingerprint density at radius 3 is 2.58 bits per heavy atom. The number of hydrogen-bond donors (Lipinski definition) is 1. The molecule has 0 spiro atoms. The lowest BCUT2D eigenvalue weighted by Gasteiger charge is -2.19. The third kappa shape index (κ3) is 3.38. The molecule has 9 heteroatoms. The van der Waals surface area contributed by atoms with Crippen LogP contribution in [0.1, 0.15) is 27.2 Å². The summed E-state index contributed by atoms with van der Waals surface area (Å²) < 4.78 is 19.7. The number of nitrogens with zero attached hydrogens (tertiary/aromatic N) is 2. The third-order valence-corrected chi connectivity index (χ3v) is 7.52. The van der Waals surface area contributed by atoms with Gasteiger partial charge in [-0.15, -0.1) is 0 Å². The van der Waals surface area contributed by atoms with Crippen LogP contribution in [-0.4, -0.2) is 33.1 Å². The molecule has 0 aliphatic carbocycles. The van der Waals surface area contributed by atoms with E-state index in [9.17, 15) is 14.5 Å². The summed E-state index contributed by atoms with van der Waals surface area (Å²) in [6.45, 7) is 2.31. The Hall–Kier alpha value is -0.850. The van der Waals surface area contributed by atoms with Gasteiger partial charge in [0, 0.05) is 5.25 Å². The van der Waals surface area contributed by atoms with Gasteiger partial charge in [-0.3, -0.25) is 4.57 Å². The third-order valence-electron chi connectivity index (χ3n) is 2.44. The molecule has 1 aromatic rings. The second kappa shape index (κ2) is 6.54. The van der Waals surface area contributed by atoms with Gasteiger partial charge in [0.2, 0.25) is 5.88 Å². The van der Waals surface area contributed by atoms with Gasteiger partial charge in [-0.2, -0.15) is 0 Å². The van der Waals surface area contributed by atoms with Gasteiger partial charge in [0.1, 0.15) is 7.11 Å². The Balaban J connectivity index is 3.27. The molecule has 2 atom stereocenters. The van der Waals surface area contributed by atoms with Gasteiger partial charge in [-0.1, -0.05) is 18.6 Å². The molecule has 1 heterocycles. The lowest BCUT2D eigenvalue weighted by molar-refractivity contribution is 0.132. The van der Waals surface area contributed by atoms with Crippen molar-refractivity contribution in [3.8, 4) is 5.88 Å². The number of rotatable bonds is 7. The highest BCUT2D eigenvalue weighted by Crippen LogP contribution is 2.61. The highest BCUT2D eigenvalue weighted by molar-refractivity contribution is 8.56. The smallest absolute Gasteiger partial charge is 0.372 e. The number of aromatic hydroxyl groups is 1. The summed E-state index contributed by atoms with van der Waals surface area (Å²) in [5.74, 6) is -0.419. The fourth-order valence-corrected chi connectivity index (χ4v) is 6.08. The van der Waals surface area contributed by atoms with Crippen LogP contribution < -0.4 is 10.5 Å². The van der Waals surface area contributed by atoms with Crippen LogP contribution in [0, 0.1) is 0 Å². The van der Waals surface area contributed by atoms with Crippen LogP contribution in [0.3, 0.4) is 0 Å². The second-order valence-corrected chi connectivity index (χ2v) is 8.46. The van der Waals surface area contributed by atoms with E-state index in [1.54, 1.807) is 6.92 Å². The van der Waals surface area contributed by atoms with Crippen molar-refractivity contribution < 1.29 is 19.0 Å². The van der Waals surface area contributed by atoms with Crippen molar-refractivity contribution in [1.29, 1.82) is 0 Å². The molecule has 0 saturated heterocycles. The summed E-state index contributed by atoms with van der Waals surface area (Å²) in [6, 6.07) is 0. The average Bonchev–Trinajstić information content (AvgIpc) is 2.65. The summed E-state index contributed by atoms with van der Waals surface area (Å²) in [5.41, 5.74) is -0.729. The minimum absolute atomic E-state index is 0.0531. The lowest BCUT2D eigenvalue weighted by Crippen LogP contribution is -2.26. The predicted octanol–water partition coefficient (Wildman–Crippen LogP) is 1.94. The quantitative estimate of drug-likeness (QED) is 0.775. The number of hydrogen-bond acceptors (Lipinski definition) is 6. The summed E-state index contributed by atoms with van der Waals surface area (Å²) in [7, 11) is 1.23. The first-order valence-corrected chi connectivity index (χ1v) is 8.97. The standard InChI is InChI=1S/C10H19N2O5PS/c1-5-8(3)19-18(15,17-6-2)11-7-9(13)12(16-4)10(11)14/h7-8,13H,5-6H2,1-4H3. The molecule has 19 heavy (non-hydrogen) atoms. The monoisotopic (exact) mass is 310 g/mol. The zero-order valence-electron chi connectivity index (χ0n) is 11.4. The van der Waals surface area contributed by atoms with Crippen LogP contribution in [0.4, 0.5) is 0 Å². The van der Waals surface area contributed by atoms with Crippen molar-refractivity contribution in [3.05, 3.63) is 16.7 Å². The maximum Gasteiger partial charge on any atom is 0.372 e. The Morgan fingerprint density at radius 2 is 2.16 bits per heavy atom. The molecular formula is C10H19N2O5PS. The number of imidazole rings is 1. The zero-order valence-corrected chi connectivity index (χ0v) is 13.1. The van der Waals surface area contributed by atoms with Gasteiger partial charge in [-0.05, 0) is 24.7 Å². The summed E-state index contributed by atoms with van der Waals surface area (Å²) >= 11 is 1.09. The molecule has 7 nitrogen and oxygen atoms in total. The minimum atomic E-state index is -3.44. The molecule has 2 unspecified atom stereocenters. The summed E-state index contributed by atoms with van der Waals surface area (Å²) in [4.78, 5) is 16.7. The molecule has 0 amide bonds. The van der Waals surface area contributed by atoms with Crippen molar-refractivity contribution in [2.45, 2.75) is 32.4 Å². The highest BCUT2D eigenvalue weighted by atomic mass is 32.7. The summed E-state index contributed by atoms with van der Waals surface area (Å²) in [5, 5.41) is 9.62. The Kier molecular flexibility index (Phi) is 5.58. The molecule has 0 radical (unpaired) electrons. The minimum Gasteiger partial charge on any atom is -0.491 e. The van der Waals surface area contributed by atoms with Gasteiger partial charge in [0.15, 0.2) is 0 Å². The van der Waals surface area contributed by atoms with E-state index in [1.165, 1.54) is 7.11 Å². The molecule has 1 rings (SSSR count). The molecule has 0 saturated carbocycles. The van der Waals surface area contributed by atoms with Gasteiger partial charge in [-0.25, -0.2) is 9.13 Å². The van der Waals surface area contributed by atoms with Crippen molar-refractivity contribution in [3.63, 3.8) is 0 Å². The van der Waals surface area contributed by atoms with Crippen LogP contribution in [0.25, 0.3) is 0 Å².